The van der Waals surface area contributed by atoms with Gasteiger partial charge in [-0.1, -0.05) is 24.3 Å². The molecule has 0 saturated carbocycles. The molecule has 1 aliphatic rings. The lowest BCUT2D eigenvalue weighted by Gasteiger charge is -2.27. The van der Waals surface area contributed by atoms with Gasteiger partial charge in [-0.2, -0.15) is 0 Å². The first-order valence-electron chi connectivity index (χ1n) is 6.51. The number of nitro benzene ring substituents is 1. The molecule has 3 rings (SSSR count). The van der Waals surface area contributed by atoms with E-state index in [2.05, 4.69) is 27.3 Å². The molecule has 0 bridgehead atoms. The highest BCUT2D eigenvalue weighted by atomic mass is 79.9. The van der Waals surface area contributed by atoms with Crippen LogP contribution < -0.4 is 5.32 Å². The van der Waals surface area contributed by atoms with E-state index >= 15 is 0 Å². The highest BCUT2D eigenvalue weighted by Gasteiger charge is 2.21. The Balaban J connectivity index is 1.86. The molecule has 0 spiro atoms. The van der Waals surface area contributed by atoms with Crippen LogP contribution in [0, 0.1) is 10.1 Å². The van der Waals surface area contributed by atoms with Crippen molar-refractivity contribution < 1.29 is 9.66 Å². The summed E-state index contributed by atoms with van der Waals surface area (Å²) in [6, 6.07) is 12.9. The molecular weight excluding hydrogens is 336 g/mol. The van der Waals surface area contributed by atoms with E-state index in [9.17, 15) is 10.1 Å². The second kappa shape index (κ2) is 5.83. The van der Waals surface area contributed by atoms with Crippen LogP contribution in [-0.4, -0.2) is 11.5 Å². The van der Waals surface area contributed by atoms with E-state index in [1.54, 1.807) is 6.07 Å². The van der Waals surface area contributed by atoms with Crippen LogP contribution in [0.1, 0.15) is 17.2 Å². The highest BCUT2D eigenvalue weighted by Crippen LogP contribution is 2.32. The fraction of sp³-hybridized carbons (Fsp3) is 0.200. The molecule has 1 N–H and O–H groups in total. The normalized spacial score (nSPS) is 17.1. The molecule has 2 aromatic carbocycles. The van der Waals surface area contributed by atoms with Gasteiger partial charge in [0.25, 0.3) is 5.69 Å². The fourth-order valence-corrected chi connectivity index (χ4v) is 2.91. The van der Waals surface area contributed by atoms with Gasteiger partial charge < -0.3 is 10.1 Å². The lowest BCUT2D eigenvalue weighted by atomic mass is 9.99. The number of non-ortho nitro benzene ring substituents is 1. The molecule has 1 heterocycles. The van der Waals surface area contributed by atoms with Crippen LogP contribution in [0.3, 0.4) is 0 Å². The predicted octanol–water partition coefficient (Wildman–Crippen LogP) is 4.04. The van der Waals surface area contributed by atoms with Gasteiger partial charge in [0.2, 0.25) is 0 Å². The Morgan fingerprint density at radius 3 is 2.86 bits per heavy atom. The second-order valence-corrected chi connectivity index (χ2v) is 5.69. The van der Waals surface area contributed by atoms with E-state index in [1.165, 1.54) is 23.3 Å². The van der Waals surface area contributed by atoms with Gasteiger partial charge in [-0.3, -0.25) is 10.1 Å². The minimum absolute atomic E-state index is 0.0349. The van der Waals surface area contributed by atoms with Crippen LogP contribution >= 0.6 is 15.9 Å². The zero-order valence-electron chi connectivity index (χ0n) is 11.1. The highest BCUT2D eigenvalue weighted by molar-refractivity contribution is 9.10. The average molecular weight is 349 g/mol. The zero-order valence-corrected chi connectivity index (χ0v) is 12.7. The second-order valence-electron chi connectivity index (χ2n) is 4.83. The molecule has 6 heteroatoms. The van der Waals surface area contributed by atoms with Crippen molar-refractivity contribution in [2.75, 3.05) is 11.9 Å². The lowest BCUT2D eigenvalue weighted by molar-refractivity contribution is -0.384. The Morgan fingerprint density at radius 2 is 2.10 bits per heavy atom. The molecule has 1 atom stereocenters. The molecule has 0 saturated heterocycles. The lowest BCUT2D eigenvalue weighted by Crippen LogP contribution is -2.23. The molecule has 1 aliphatic heterocycles. The van der Waals surface area contributed by atoms with Crippen LogP contribution in [0.2, 0.25) is 0 Å². The van der Waals surface area contributed by atoms with Crippen LogP contribution in [0.15, 0.2) is 46.9 Å². The Labute approximate surface area is 130 Å². The molecular formula is C15H13BrN2O3. The number of nitrogens with one attached hydrogen (secondary N) is 1. The van der Waals surface area contributed by atoms with Crippen LogP contribution in [0.4, 0.5) is 11.4 Å². The number of anilines is 1. The van der Waals surface area contributed by atoms with Gasteiger partial charge >= 0.3 is 0 Å². The third kappa shape index (κ3) is 2.91. The van der Waals surface area contributed by atoms with Crippen molar-refractivity contribution in [3.8, 4) is 0 Å². The van der Waals surface area contributed by atoms with Gasteiger partial charge in [0.1, 0.15) is 0 Å². The van der Waals surface area contributed by atoms with Crippen LogP contribution in [0.25, 0.3) is 0 Å². The van der Waals surface area contributed by atoms with Gasteiger partial charge in [0.15, 0.2) is 0 Å². The number of halogens is 1. The summed E-state index contributed by atoms with van der Waals surface area (Å²) >= 11 is 3.37. The van der Waals surface area contributed by atoms with Crippen molar-refractivity contribution in [1.82, 2.24) is 0 Å². The average Bonchev–Trinajstić information content (AvgIpc) is 2.49. The minimum Gasteiger partial charge on any atom is -0.375 e. The molecule has 5 nitrogen and oxygen atoms in total. The molecule has 2 aromatic rings. The standard InChI is InChI=1S/C15H13BrN2O3/c16-13-7-11(18(19)20)5-6-14(13)17-15-9-21-8-10-3-1-2-4-12(10)15/h1-7,15,17H,8-9H2. The number of nitro groups is 1. The number of fused-ring (bicyclic) bond motifs is 1. The number of hydrogen-bond acceptors (Lipinski definition) is 4. The Bertz CT molecular complexity index is 690. The quantitative estimate of drug-likeness (QED) is 0.671. The van der Waals surface area contributed by atoms with E-state index in [1.807, 2.05) is 18.2 Å². The minimum atomic E-state index is -0.409. The summed E-state index contributed by atoms with van der Waals surface area (Å²) in [5, 5.41) is 14.1. The summed E-state index contributed by atoms with van der Waals surface area (Å²) < 4.78 is 6.26. The first-order chi connectivity index (χ1) is 10.1. The maximum absolute atomic E-state index is 10.8. The van der Waals surface area contributed by atoms with E-state index in [-0.39, 0.29) is 11.7 Å². The molecule has 1 unspecified atom stereocenters. The molecule has 0 aromatic heterocycles. The fourth-order valence-electron chi connectivity index (χ4n) is 2.42. The SMILES string of the molecule is O=[N+]([O-])c1ccc(NC2COCc3ccccc32)c(Br)c1. The first-order valence-corrected chi connectivity index (χ1v) is 7.30. The summed E-state index contributed by atoms with van der Waals surface area (Å²) in [5.41, 5.74) is 3.24. The van der Waals surface area contributed by atoms with Gasteiger partial charge in [-0.05, 0) is 33.1 Å². The van der Waals surface area contributed by atoms with Crippen molar-refractivity contribution in [3.05, 3.63) is 68.2 Å². The summed E-state index contributed by atoms with van der Waals surface area (Å²) in [7, 11) is 0. The molecule has 108 valence electrons. The van der Waals surface area contributed by atoms with Crippen molar-refractivity contribution in [2.45, 2.75) is 12.6 Å². The van der Waals surface area contributed by atoms with Crippen LogP contribution in [0.5, 0.6) is 0 Å². The van der Waals surface area contributed by atoms with Gasteiger partial charge in [0.05, 0.1) is 24.2 Å². The summed E-state index contributed by atoms with van der Waals surface area (Å²) in [6.07, 6.45) is 0. The van der Waals surface area contributed by atoms with E-state index in [0.29, 0.717) is 17.7 Å². The zero-order chi connectivity index (χ0) is 14.8. The molecule has 0 aliphatic carbocycles. The summed E-state index contributed by atoms with van der Waals surface area (Å²) in [4.78, 5) is 10.4. The van der Waals surface area contributed by atoms with Crippen molar-refractivity contribution in [1.29, 1.82) is 0 Å². The van der Waals surface area contributed by atoms with E-state index < -0.39 is 4.92 Å². The van der Waals surface area contributed by atoms with Crippen molar-refractivity contribution in [3.63, 3.8) is 0 Å². The van der Waals surface area contributed by atoms with Gasteiger partial charge in [-0.25, -0.2) is 0 Å². The number of rotatable bonds is 3. The first kappa shape index (κ1) is 14.0. The number of ether oxygens (including phenoxy) is 1. The number of nitrogens with zero attached hydrogens (tertiary/aromatic N) is 1. The van der Waals surface area contributed by atoms with Crippen LogP contribution in [-0.2, 0) is 11.3 Å². The molecule has 0 radical (unpaired) electrons. The monoisotopic (exact) mass is 348 g/mol. The third-order valence-electron chi connectivity index (χ3n) is 3.47. The maximum atomic E-state index is 10.8. The Kier molecular flexibility index (Phi) is 3.90. The molecule has 0 amide bonds. The van der Waals surface area contributed by atoms with E-state index in [0.717, 1.165) is 5.69 Å². The van der Waals surface area contributed by atoms with E-state index in [4.69, 9.17) is 4.74 Å². The van der Waals surface area contributed by atoms with Gasteiger partial charge in [-0.15, -0.1) is 0 Å². The Hall–Kier alpha value is -1.92. The van der Waals surface area contributed by atoms with Crippen molar-refractivity contribution >= 4 is 27.3 Å². The summed E-state index contributed by atoms with van der Waals surface area (Å²) in [6.45, 7) is 1.19. The van der Waals surface area contributed by atoms with Gasteiger partial charge in [0, 0.05) is 22.3 Å². The number of hydrogen-bond donors (Lipinski definition) is 1. The smallest absolute Gasteiger partial charge is 0.270 e. The Morgan fingerprint density at radius 1 is 1.29 bits per heavy atom. The molecule has 0 fully saturated rings. The van der Waals surface area contributed by atoms with Crippen molar-refractivity contribution in [2.24, 2.45) is 0 Å². The topological polar surface area (TPSA) is 64.4 Å². The maximum Gasteiger partial charge on any atom is 0.270 e. The third-order valence-corrected chi connectivity index (χ3v) is 4.12. The summed E-state index contributed by atoms with van der Waals surface area (Å²) in [5.74, 6) is 0. The largest absolute Gasteiger partial charge is 0.375 e. The number of benzene rings is 2. The predicted molar refractivity (Wildman–Crippen MR) is 83.3 cm³/mol. The molecule has 21 heavy (non-hydrogen) atoms.